The molecule has 0 unspecified atom stereocenters. The fourth-order valence-corrected chi connectivity index (χ4v) is 2.34. The average molecular weight is 280 g/mol. The lowest BCUT2D eigenvalue weighted by atomic mass is 10.2. The summed E-state index contributed by atoms with van der Waals surface area (Å²) in [7, 11) is 5.90. The molecule has 0 amide bonds. The van der Waals surface area contributed by atoms with E-state index in [1.807, 2.05) is 62.2 Å². The van der Waals surface area contributed by atoms with Gasteiger partial charge in [-0.1, -0.05) is 12.1 Å². The molecule has 0 aliphatic carbocycles. The molecule has 5 heteroatoms. The molecule has 0 aliphatic rings. The second kappa shape index (κ2) is 5.36. The van der Waals surface area contributed by atoms with Gasteiger partial charge in [0, 0.05) is 19.8 Å². The Hall–Kier alpha value is -2.69. The summed E-state index contributed by atoms with van der Waals surface area (Å²) in [6.07, 6.45) is 0. The number of anilines is 1. The monoisotopic (exact) mass is 280 g/mol. The fraction of sp³-hybridized carbons (Fsp3) is 0.188. The van der Waals surface area contributed by atoms with Crippen LogP contribution in [0.3, 0.4) is 0 Å². The van der Waals surface area contributed by atoms with Gasteiger partial charge >= 0.3 is 5.82 Å². The van der Waals surface area contributed by atoms with E-state index in [0.717, 1.165) is 28.1 Å². The molecule has 2 aromatic carbocycles. The first kappa shape index (κ1) is 13.3. The molecule has 3 rings (SSSR count). The summed E-state index contributed by atoms with van der Waals surface area (Å²) in [5, 5.41) is 12.9. The fourth-order valence-electron chi connectivity index (χ4n) is 2.34. The molecular formula is C16H18N5+. The van der Waals surface area contributed by atoms with Crippen molar-refractivity contribution >= 4 is 28.1 Å². The van der Waals surface area contributed by atoms with E-state index in [1.165, 1.54) is 0 Å². The van der Waals surface area contributed by atoms with Crippen LogP contribution in [0.15, 0.2) is 58.8 Å². The van der Waals surface area contributed by atoms with Gasteiger partial charge in [-0.15, -0.1) is 0 Å². The van der Waals surface area contributed by atoms with Crippen molar-refractivity contribution in [1.29, 1.82) is 0 Å². The highest BCUT2D eigenvalue weighted by Crippen LogP contribution is 2.25. The zero-order valence-corrected chi connectivity index (χ0v) is 12.4. The van der Waals surface area contributed by atoms with E-state index in [2.05, 4.69) is 32.4 Å². The number of benzene rings is 2. The summed E-state index contributed by atoms with van der Waals surface area (Å²) >= 11 is 0. The van der Waals surface area contributed by atoms with E-state index >= 15 is 0 Å². The van der Waals surface area contributed by atoms with Crippen molar-refractivity contribution in [3.63, 3.8) is 0 Å². The normalized spacial score (nSPS) is 11.4. The van der Waals surface area contributed by atoms with Gasteiger partial charge < -0.3 is 5.32 Å². The first-order valence-corrected chi connectivity index (χ1v) is 6.84. The molecule has 0 atom stereocenters. The molecule has 0 fully saturated rings. The summed E-state index contributed by atoms with van der Waals surface area (Å²) < 4.78 is 4.06. The van der Waals surface area contributed by atoms with Crippen molar-refractivity contribution in [3.8, 4) is 0 Å². The first-order valence-electron chi connectivity index (χ1n) is 6.84. The van der Waals surface area contributed by atoms with Crippen molar-refractivity contribution in [2.75, 3.05) is 12.4 Å². The second-order valence-corrected chi connectivity index (χ2v) is 4.88. The molecule has 0 saturated carbocycles. The van der Waals surface area contributed by atoms with Crippen molar-refractivity contribution in [3.05, 3.63) is 48.5 Å². The lowest BCUT2D eigenvalue weighted by Crippen LogP contribution is -2.36. The minimum atomic E-state index is 0.835. The number of nitrogens with zero attached hydrogens (tertiary/aromatic N) is 4. The summed E-state index contributed by atoms with van der Waals surface area (Å²) in [6.45, 7) is 0. The zero-order chi connectivity index (χ0) is 14.8. The molecule has 3 aromatic rings. The predicted molar refractivity (Wildman–Crippen MR) is 84.3 cm³/mol. The molecule has 5 nitrogen and oxygen atoms in total. The van der Waals surface area contributed by atoms with Crippen LogP contribution in [-0.4, -0.2) is 11.7 Å². The van der Waals surface area contributed by atoms with E-state index in [9.17, 15) is 0 Å². The number of azo groups is 1. The van der Waals surface area contributed by atoms with E-state index < -0.39 is 0 Å². The van der Waals surface area contributed by atoms with Crippen molar-refractivity contribution < 1.29 is 4.68 Å². The highest BCUT2D eigenvalue weighted by Gasteiger charge is 2.18. The van der Waals surface area contributed by atoms with E-state index in [0.29, 0.717) is 0 Å². The first-order chi connectivity index (χ1) is 10.2. The number of hydrogen-bond acceptors (Lipinski definition) is 3. The standard InChI is InChI=1S/C16H17N5/c1-17-12-8-10-13(11-9-12)18-19-16-14-6-4-5-7-15(14)20(2)21(16)3/h4-11H,1-3H3/p+1. The van der Waals surface area contributed by atoms with Gasteiger partial charge in [0.05, 0.1) is 16.0 Å². The summed E-state index contributed by atoms with van der Waals surface area (Å²) in [5.74, 6) is 0.853. The van der Waals surface area contributed by atoms with Crippen molar-refractivity contribution in [2.24, 2.45) is 24.3 Å². The highest BCUT2D eigenvalue weighted by molar-refractivity contribution is 5.86. The Kier molecular flexibility index (Phi) is 3.39. The van der Waals surface area contributed by atoms with Crippen LogP contribution < -0.4 is 10.00 Å². The summed E-state index contributed by atoms with van der Waals surface area (Å²) in [5.41, 5.74) is 3.03. The van der Waals surface area contributed by atoms with Crippen LogP contribution in [-0.2, 0) is 14.1 Å². The maximum absolute atomic E-state index is 4.43. The SMILES string of the molecule is CNc1ccc(N=Nc2c3ccccc3n(C)[n+]2C)cc1. The largest absolute Gasteiger partial charge is 0.388 e. The van der Waals surface area contributed by atoms with Gasteiger partial charge in [0.25, 0.3) is 0 Å². The molecule has 0 bridgehead atoms. The predicted octanol–water partition coefficient (Wildman–Crippen LogP) is 3.46. The summed E-state index contributed by atoms with van der Waals surface area (Å²) in [4.78, 5) is 0. The summed E-state index contributed by atoms with van der Waals surface area (Å²) in [6, 6.07) is 16.0. The lowest BCUT2D eigenvalue weighted by molar-refractivity contribution is -0.737. The molecule has 1 N–H and O–H groups in total. The third-order valence-electron chi connectivity index (χ3n) is 3.67. The molecule has 0 spiro atoms. The molecule has 106 valence electrons. The van der Waals surface area contributed by atoms with Crippen molar-refractivity contribution in [2.45, 2.75) is 0 Å². The van der Waals surface area contributed by atoms with Crippen LogP contribution >= 0.6 is 0 Å². The number of aryl methyl sites for hydroxylation is 1. The van der Waals surface area contributed by atoms with Gasteiger partial charge in [-0.2, -0.15) is 4.68 Å². The number of nitrogens with one attached hydrogen (secondary N) is 1. The minimum Gasteiger partial charge on any atom is -0.388 e. The zero-order valence-electron chi connectivity index (χ0n) is 12.4. The molecule has 0 saturated heterocycles. The Morgan fingerprint density at radius 3 is 2.43 bits per heavy atom. The molecule has 21 heavy (non-hydrogen) atoms. The van der Waals surface area contributed by atoms with Crippen LogP contribution in [0.25, 0.3) is 10.9 Å². The number of rotatable bonds is 3. The van der Waals surface area contributed by atoms with Crippen molar-refractivity contribution in [1.82, 2.24) is 4.68 Å². The van der Waals surface area contributed by atoms with Gasteiger partial charge in [0.2, 0.25) is 0 Å². The van der Waals surface area contributed by atoms with E-state index in [-0.39, 0.29) is 0 Å². The van der Waals surface area contributed by atoms with Crippen LogP contribution in [0, 0.1) is 0 Å². The van der Waals surface area contributed by atoms with Crippen LogP contribution in [0.1, 0.15) is 0 Å². The van der Waals surface area contributed by atoms with E-state index in [1.54, 1.807) is 0 Å². The van der Waals surface area contributed by atoms with Gasteiger partial charge in [0.1, 0.15) is 12.7 Å². The molecular weight excluding hydrogens is 262 g/mol. The Balaban J connectivity index is 2.01. The maximum atomic E-state index is 4.43. The maximum Gasteiger partial charge on any atom is 0.378 e. The minimum absolute atomic E-state index is 0.835. The van der Waals surface area contributed by atoms with Crippen LogP contribution in [0.2, 0.25) is 0 Å². The molecule has 0 aliphatic heterocycles. The van der Waals surface area contributed by atoms with Gasteiger partial charge in [-0.25, -0.2) is 4.68 Å². The van der Waals surface area contributed by atoms with E-state index in [4.69, 9.17) is 0 Å². The molecule has 0 radical (unpaired) electrons. The highest BCUT2D eigenvalue weighted by atomic mass is 15.4. The smallest absolute Gasteiger partial charge is 0.378 e. The second-order valence-electron chi connectivity index (χ2n) is 4.88. The third kappa shape index (κ3) is 2.38. The number of fused-ring (bicyclic) bond motifs is 1. The van der Waals surface area contributed by atoms with Crippen LogP contribution in [0.5, 0.6) is 0 Å². The lowest BCUT2D eigenvalue weighted by Gasteiger charge is -1.97. The molecule has 1 aromatic heterocycles. The Morgan fingerprint density at radius 2 is 1.71 bits per heavy atom. The average Bonchev–Trinajstić information content (AvgIpc) is 2.78. The number of aromatic nitrogens is 2. The van der Waals surface area contributed by atoms with Crippen LogP contribution in [0.4, 0.5) is 17.2 Å². The Labute approximate surface area is 123 Å². The van der Waals surface area contributed by atoms with Gasteiger partial charge in [-0.05, 0) is 41.5 Å². The Bertz CT molecular complexity index is 799. The Morgan fingerprint density at radius 1 is 1.00 bits per heavy atom. The topological polar surface area (TPSA) is 45.6 Å². The van der Waals surface area contributed by atoms with Gasteiger partial charge in [-0.3, -0.25) is 0 Å². The quantitative estimate of drug-likeness (QED) is 0.579. The van der Waals surface area contributed by atoms with Gasteiger partial charge in [0.15, 0.2) is 0 Å². The molecule has 1 heterocycles. The third-order valence-corrected chi connectivity index (χ3v) is 3.67. The number of hydrogen-bond donors (Lipinski definition) is 1. The number of para-hydroxylation sites is 1.